The number of para-hydroxylation sites is 1. The van der Waals surface area contributed by atoms with Crippen LogP contribution in [-0.2, 0) is 18.3 Å². The van der Waals surface area contributed by atoms with Gasteiger partial charge in [0.2, 0.25) is 0 Å². The maximum absolute atomic E-state index is 13.2. The van der Waals surface area contributed by atoms with Crippen LogP contribution >= 0.6 is 0 Å². The lowest BCUT2D eigenvalue weighted by Gasteiger charge is -2.23. The van der Waals surface area contributed by atoms with Crippen molar-refractivity contribution >= 4 is 40.3 Å². The molecule has 4 heterocycles. The number of fused-ring (bicyclic) bond motifs is 1. The summed E-state index contributed by atoms with van der Waals surface area (Å²) in [6, 6.07) is 19.7. The average molecular weight is 562 g/mol. The molecule has 0 radical (unpaired) electrons. The van der Waals surface area contributed by atoms with Gasteiger partial charge >= 0.3 is 0 Å². The standard InChI is InChI=1S/C33H35N7O2/c1-22-15-16-34-24(18-22)12-14-30-27-13-11-25(20-31(27)40(38-30)32-10-6-7-17-42-32)36-29-9-5-4-8-28(29)33(41)35-21-26-19-23(2)37-39(26)3/h4-5,8-9,11-16,18-20,32,36H,6-7,10,17,21H2,1-3H3,(H,35,41). The van der Waals surface area contributed by atoms with Crippen LogP contribution in [0.5, 0.6) is 0 Å². The summed E-state index contributed by atoms with van der Waals surface area (Å²) >= 11 is 0. The minimum absolute atomic E-state index is 0.121. The predicted octanol–water partition coefficient (Wildman–Crippen LogP) is 6.32. The normalized spacial score (nSPS) is 15.4. The molecule has 1 aliphatic heterocycles. The van der Waals surface area contributed by atoms with Crippen molar-refractivity contribution in [2.24, 2.45) is 7.05 Å². The zero-order valence-corrected chi connectivity index (χ0v) is 24.2. The molecule has 0 spiro atoms. The van der Waals surface area contributed by atoms with Crippen LogP contribution in [0, 0.1) is 13.8 Å². The summed E-state index contributed by atoms with van der Waals surface area (Å²) in [5.74, 6) is -0.157. The van der Waals surface area contributed by atoms with Gasteiger partial charge in [0.1, 0.15) is 0 Å². The van der Waals surface area contributed by atoms with E-state index in [0.29, 0.717) is 12.1 Å². The highest BCUT2D eigenvalue weighted by Crippen LogP contribution is 2.32. The number of aryl methyl sites for hydroxylation is 3. The van der Waals surface area contributed by atoms with E-state index in [1.54, 1.807) is 4.68 Å². The van der Waals surface area contributed by atoms with Crippen molar-refractivity contribution in [3.63, 3.8) is 0 Å². The molecule has 3 aromatic heterocycles. The number of anilines is 2. The smallest absolute Gasteiger partial charge is 0.253 e. The van der Waals surface area contributed by atoms with Gasteiger partial charge in [-0.05, 0) is 99.4 Å². The molecule has 2 aromatic carbocycles. The van der Waals surface area contributed by atoms with E-state index in [-0.39, 0.29) is 12.1 Å². The molecule has 9 heteroatoms. The maximum atomic E-state index is 13.2. The van der Waals surface area contributed by atoms with Crippen LogP contribution in [0.3, 0.4) is 0 Å². The Morgan fingerprint density at radius 2 is 1.93 bits per heavy atom. The highest BCUT2D eigenvalue weighted by atomic mass is 16.5. The Bertz CT molecular complexity index is 1760. The van der Waals surface area contributed by atoms with Crippen molar-refractivity contribution in [3.8, 4) is 0 Å². The minimum Gasteiger partial charge on any atom is -0.356 e. The summed E-state index contributed by atoms with van der Waals surface area (Å²) in [5.41, 5.74) is 7.89. The molecule has 2 N–H and O–H groups in total. The SMILES string of the molecule is Cc1ccnc(C=Cc2nn(C3CCCCO3)c3cc(Nc4ccccc4C(=O)NCc4cc(C)nn4C)ccc23)c1. The van der Waals surface area contributed by atoms with Crippen LogP contribution in [0.15, 0.2) is 66.9 Å². The van der Waals surface area contributed by atoms with Gasteiger partial charge in [-0.2, -0.15) is 10.2 Å². The molecule has 0 saturated carbocycles. The van der Waals surface area contributed by atoms with E-state index >= 15 is 0 Å². The molecule has 1 atom stereocenters. The number of pyridine rings is 1. The van der Waals surface area contributed by atoms with E-state index in [1.807, 2.05) is 85.5 Å². The number of carbonyl (C=O) groups is 1. The molecule has 214 valence electrons. The summed E-state index contributed by atoms with van der Waals surface area (Å²) in [7, 11) is 1.88. The van der Waals surface area contributed by atoms with Crippen LogP contribution in [0.25, 0.3) is 23.1 Å². The summed E-state index contributed by atoms with van der Waals surface area (Å²) in [4.78, 5) is 17.7. The maximum Gasteiger partial charge on any atom is 0.253 e. The number of hydrogen-bond acceptors (Lipinski definition) is 6. The number of ether oxygens (including phenoxy) is 1. The highest BCUT2D eigenvalue weighted by molar-refractivity contribution is 6.00. The fourth-order valence-corrected chi connectivity index (χ4v) is 5.35. The van der Waals surface area contributed by atoms with Crippen molar-refractivity contribution in [1.82, 2.24) is 29.9 Å². The first-order valence-electron chi connectivity index (χ1n) is 14.3. The first-order chi connectivity index (χ1) is 20.4. The van der Waals surface area contributed by atoms with Crippen molar-refractivity contribution in [2.45, 2.75) is 45.9 Å². The van der Waals surface area contributed by atoms with E-state index < -0.39 is 0 Å². The van der Waals surface area contributed by atoms with Crippen LogP contribution in [-0.4, -0.2) is 37.1 Å². The van der Waals surface area contributed by atoms with Gasteiger partial charge in [0.15, 0.2) is 6.23 Å². The average Bonchev–Trinajstić information content (AvgIpc) is 3.53. The molecule has 5 aromatic rings. The Morgan fingerprint density at radius 3 is 2.71 bits per heavy atom. The van der Waals surface area contributed by atoms with Gasteiger partial charge in [-0.3, -0.25) is 14.5 Å². The summed E-state index contributed by atoms with van der Waals surface area (Å²) in [6.45, 7) is 5.12. The second kappa shape index (κ2) is 12.0. The van der Waals surface area contributed by atoms with E-state index in [0.717, 1.165) is 76.5 Å². The summed E-state index contributed by atoms with van der Waals surface area (Å²) in [6.07, 6.45) is 8.78. The third-order valence-corrected chi connectivity index (χ3v) is 7.49. The van der Waals surface area contributed by atoms with Crippen LogP contribution in [0.1, 0.15) is 64.2 Å². The fourth-order valence-electron chi connectivity index (χ4n) is 5.35. The zero-order chi connectivity index (χ0) is 29.1. The Hall–Kier alpha value is -4.76. The molecule has 1 amide bonds. The largest absolute Gasteiger partial charge is 0.356 e. The molecular formula is C33H35N7O2. The fraction of sp³-hybridized carbons (Fsp3) is 0.273. The number of nitrogens with zero attached hydrogens (tertiary/aromatic N) is 5. The molecule has 1 fully saturated rings. The molecule has 1 saturated heterocycles. The first kappa shape index (κ1) is 27.4. The number of carbonyl (C=O) groups excluding carboxylic acids is 1. The Kier molecular flexibility index (Phi) is 7.83. The van der Waals surface area contributed by atoms with Gasteiger partial charge in [0.25, 0.3) is 5.91 Å². The highest BCUT2D eigenvalue weighted by Gasteiger charge is 2.21. The lowest BCUT2D eigenvalue weighted by Crippen LogP contribution is -2.24. The molecule has 0 bridgehead atoms. The van der Waals surface area contributed by atoms with E-state index in [9.17, 15) is 4.79 Å². The van der Waals surface area contributed by atoms with Gasteiger partial charge < -0.3 is 15.4 Å². The third kappa shape index (κ3) is 5.96. The molecule has 1 aliphatic rings. The molecule has 42 heavy (non-hydrogen) atoms. The van der Waals surface area contributed by atoms with Crippen LogP contribution < -0.4 is 10.6 Å². The van der Waals surface area contributed by atoms with Crippen LogP contribution in [0.2, 0.25) is 0 Å². The van der Waals surface area contributed by atoms with Crippen molar-refractivity contribution in [3.05, 3.63) is 101 Å². The number of rotatable bonds is 8. The third-order valence-electron chi connectivity index (χ3n) is 7.49. The molecular weight excluding hydrogens is 526 g/mol. The Balaban J connectivity index is 1.29. The zero-order valence-electron chi connectivity index (χ0n) is 24.2. The number of aromatic nitrogens is 5. The van der Waals surface area contributed by atoms with Gasteiger partial charge in [-0.15, -0.1) is 0 Å². The number of benzene rings is 2. The van der Waals surface area contributed by atoms with Crippen molar-refractivity contribution < 1.29 is 9.53 Å². The lowest BCUT2D eigenvalue weighted by molar-refractivity contribution is -0.0367. The van der Waals surface area contributed by atoms with Gasteiger partial charge in [-0.25, -0.2) is 4.68 Å². The summed E-state index contributed by atoms with van der Waals surface area (Å²) < 4.78 is 9.91. The predicted molar refractivity (Wildman–Crippen MR) is 165 cm³/mol. The van der Waals surface area contributed by atoms with E-state index in [2.05, 4.69) is 39.8 Å². The summed E-state index contributed by atoms with van der Waals surface area (Å²) in [5, 5.41) is 16.9. The molecule has 6 rings (SSSR count). The lowest BCUT2D eigenvalue weighted by atomic mass is 10.1. The molecule has 0 aliphatic carbocycles. The second-order valence-electron chi connectivity index (χ2n) is 10.7. The number of nitrogens with one attached hydrogen (secondary N) is 2. The Morgan fingerprint density at radius 1 is 1.05 bits per heavy atom. The first-order valence-corrected chi connectivity index (χ1v) is 14.3. The van der Waals surface area contributed by atoms with Gasteiger partial charge in [-0.1, -0.05) is 12.1 Å². The van der Waals surface area contributed by atoms with Gasteiger partial charge in [0, 0.05) is 30.9 Å². The second-order valence-corrected chi connectivity index (χ2v) is 10.7. The Labute approximate surface area is 245 Å². The number of hydrogen-bond donors (Lipinski definition) is 2. The monoisotopic (exact) mass is 561 g/mol. The molecule has 1 unspecified atom stereocenters. The van der Waals surface area contributed by atoms with E-state index in [1.165, 1.54) is 0 Å². The minimum atomic E-state index is -0.157. The van der Waals surface area contributed by atoms with Crippen molar-refractivity contribution in [2.75, 3.05) is 11.9 Å². The molecule has 9 nitrogen and oxygen atoms in total. The van der Waals surface area contributed by atoms with E-state index in [4.69, 9.17) is 9.84 Å². The topological polar surface area (TPSA) is 98.9 Å². The van der Waals surface area contributed by atoms with Crippen molar-refractivity contribution in [1.29, 1.82) is 0 Å². The van der Waals surface area contributed by atoms with Crippen LogP contribution in [0.4, 0.5) is 11.4 Å². The number of amides is 1. The van der Waals surface area contributed by atoms with Gasteiger partial charge in [0.05, 0.1) is 46.1 Å². The quantitative estimate of drug-likeness (QED) is 0.230.